The smallest absolute Gasteiger partial charge is 0.262 e. The van der Waals surface area contributed by atoms with Crippen LogP contribution in [-0.4, -0.2) is 34.3 Å². The second-order valence-corrected chi connectivity index (χ2v) is 6.32. The van der Waals surface area contributed by atoms with E-state index < -0.39 is 4.92 Å². The lowest BCUT2D eigenvalue weighted by molar-refractivity contribution is -0.386. The summed E-state index contributed by atoms with van der Waals surface area (Å²) in [5, 5.41) is 22.7. The van der Waals surface area contributed by atoms with E-state index in [1.165, 1.54) is 0 Å². The molecule has 0 aliphatic carbocycles. The van der Waals surface area contributed by atoms with Gasteiger partial charge in [0.2, 0.25) is 0 Å². The Balaban J connectivity index is 1.63. The van der Waals surface area contributed by atoms with Crippen molar-refractivity contribution >= 4 is 32.9 Å². The molecule has 0 unspecified atom stereocenters. The van der Waals surface area contributed by atoms with Crippen molar-refractivity contribution in [2.75, 3.05) is 0 Å². The molecule has 0 aliphatic heterocycles. The van der Waals surface area contributed by atoms with Crippen LogP contribution in [0.1, 0.15) is 17.2 Å². The molecule has 0 atom stereocenters. The van der Waals surface area contributed by atoms with Crippen LogP contribution in [0, 0.1) is 24.0 Å². The summed E-state index contributed by atoms with van der Waals surface area (Å²) < 4.78 is 3.30. The summed E-state index contributed by atoms with van der Waals surface area (Å²) in [6.45, 7) is 3.83. The number of nitro groups is 1. The highest BCUT2D eigenvalue weighted by atomic mass is 32.1. The molecule has 4 aromatic rings. The van der Waals surface area contributed by atoms with E-state index in [2.05, 4.69) is 20.2 Å². The Kier molecular flexibility index (Phi) is 3.27. The van der Waals surface area contributed by atoms with Crippen LogP contribution < -0.4 is 0 Å². The van der Waals surface area contributed by atoms with Crippen molar-refractivity contribution in [2.45, 2.75) is 26.8 Å². The first kappa shape index (κ1) is 14.7. The molecule has 0 radical (unpaired) electrons. The third kappa shape index (κ3) is 2.22. The van der Waals surface area contributed by atoms with Gasteiger partial charge in [-0.05, 0) is 25.3 Å². The summed E-state index contributed by atoms with van der Waals surface area (Å²) in [6, 6.07) is 1.98. The molecular formula is C14H13N7O2S. The lowest BCUT2D eigenvalue weighted by Crippen LogP contribution is -2.06. The molecule has 9 nitrogen and oxygen atoms in total. The van der Waals surface area contributed by atoms with Crippen LogP contribution in [0.3, 0.4) is 0 Å². The Labute approximate surface area is 139 Å². The molecule has 0 saturated heterocycles. The van der Waals surface area contributed by atoms with Gasteiger partial charge in [-0.25, -0.2) is 14.5 Å². The number of nitrogens with zero attached hydrogens (tertiary/aromatic N) is 7. The fraction of sp³-hybridized carbons (Fsp3) is 0.286. The second-order valence-electron chi connectivity index (χ2n) is 5.43. The fourth-order valence-electron chi connectivity index (χ4n) is 2.79. The SMILES string of the molecule is Cc1nn(CCc2nc3c4ccsc4ncn3n2)c(C)c1[N+](=O)[O-]. The maximum Gasteiger partial charge on any atom is 0.312 e. The van der Waals surface area contributed by atoms with Crippen molar-refractivity contribution in [3.63, 3.8) is 0 Å². The maximum absolute atomic E-state index is 11.1. The van der Waals surface area contributed by atoms with Crippen LogP contribution in [0.15, 0.2) is 17.8 Å². The van der Waals surface area contributed by atoms with Crippen molar-refractivity contribution in [3.8, 4) is 0 Å². The summed E-state index contributed by atoms with van der Waals surface area (Å²) in [5.41, 5.74) is 1.81. The molecule has 4 rings (SSSR count). The highest BCUT2D eigenvalue weighted by molar-refractivity contribution is 7.16. The van der Waals surface area contributed by atoms with Crippen molar-refractivity contribution < 1.29 is 4.92 Å². The topological polar surface area (TPSA) is 104 Å². The van der Waals surface area contributed by atoms with Crippen LogP contribution in [0.4, 0.5) is 5.69 Å². The molecule has 0 N–H and O–H groups in total. The third-order valence-corrected chi connectivity index (χ3v) is 4.74. The first-order chi connectivity index (χ1) is 11.5. The predicted octanol–water partition coefficient (Wildman–Crippen LogP) is 2.30. The van der Waals surface area contributed by atoms with E-state index >= 15 is 0 Å². The Morgan fingerprint density at radius 3 is 2.92 bits per heavy atom. The molecule has 0 aliphatic rings. The van der Waals surface area contributed by atoms with Gasteiger partial charge in [-0.1, -0.05) is 0 Å². The van der Waals surface area contributed by atoms with Gasteiger partial charge in [-0.3, -0.25) is 14.8 Å². The highest BCUT2D eigenvalue weighted by Crippen LogP contribution is 2.23. The van der Waals surface area contributed by atoms with Crippen molar-refractivity contribution in [2.24, 2.45) is 0 Å². The minimum Gasteiger partial charge on any atom is -0.262 e. The fourth-order valence-corrected chi connectivity index (χ4v) is 3.52. The van der Waals surface area contributed by atoms with Crippen molar-refractivity contribution in [3.05, 3.63) is 45.1 Å². The summed E-state index contributed by atoms with van der Waals surface area (Å²) in [4.78, 5) is 20.5. The standard InChI is InChI=1S/C14H13N7O2S/c1-8-12(21(22)23)9(2)19(17-8)5-3-11-16-13-10-4-6-24-14(10)15-7-20(13)18-11/h4,6-7H,3,5H2,1-2H3. The number of aromatic nitrogens is 6. The molecule has 4 heterocycles. The molecule has 0 spiro atoms. The molecule has 0 aromatic carbocycles. The summed E-state index contributed by atoms with van der Waals surface area (Å²) >= 11 is 1.56. The first-order valence-electron chi connectivity index (χ1n) is 7.30. The second kappa shape index (κ2) is 5.34. The average Bonchev–Trinajstić information content (AvgIpc) is 3.21. The van der Waals surface area contributed by atoms with E-state index in [1.807, 2.05) is 11.4 Å². The largest absolute Gasteiger partial charge is 0.312 e. The normalized spacial score (nSPS) is 11.6. The summed E-state index contributed by atoms with van der Waals surface area (Å²) in [7, 11) is 0. The van der Waals surface area contributed by atoms with E-state index in [4.69, 9.17) is 0 Å². The molecule has 24 heavy (non-hydrogen) atoms. The number of rotatable bonds is 4. The van der Waals surface area contributed by atoms with Gasteiger partial charge in [0.15, 0.2) is 11.5 Å². The number of aryl methyl sites for hydroxylation is 3. The zero-order valence-corrected chi connectivity index (χ0v) is 13.8. The van der Waals surface area contributed by atoms with Gasteiger partial charge in [0.05, 0.1) is 10.3 Å². The molecule has 0 amide bonds. The zero-order valence-electron chi connectivity index (χ0n) is 13.0. The molecule has 10 heteroatoms. The Hall–Kier alpha value is -2.88. The summed E-state index contributed by atoms with van der Waals surface area (Å²) in [6.07, 6.45) is 2.19. The number of thiophene rings is 1. The van der Waals surface area contributed by atoms with Gasteiger partial charge in [-0.2, -0.15) is 5.10 Å². The van der Waals surface area contributed by atoms with Gasteiger partial charge in [-0.15, -0.1) is 16.4 Å². The van der Waals surface area contributed by atoms with Crippen molar-refractivity contribution in [1.29, 1.82) is 0 Å². The molecule has 0 fully saturated rings. The minimum atomic E-state index is -0.393. The highest BCUT2D eigenvalue weighted by Gasteiger charge is 2.21. The molecule has 122 valence electrons. The van der Waals surface area contributed by atoms with E-state index in [0.717, 1.165) is 15.9 Å². The van der Waals surface area contributed by atoms with Gasteiger partial charge < -0.3 is 0 Å². The first-order valence-corrected chi connectivity index (χ1v) is 8.18. The minimum absolute atomic E-state index is 0.0714. The van der Waals surface area contributed by atoms with Gasteiger partial charge in [0.25, 0.3) is 0 Å². The summed E-state index contributed by atoms with van der Waals surface area (Å²) in [5.74, 6) is 0.658. The third-order valence-electron chi connectivity index (χ3n) is 3.92. The van der Waals surface area contributed by atoms with Crippen LogP contribution in [0.25, 0.3) is 15.9 Å². The van der Waals surface area contributed by atoms with E-state index in [0.29, 0.717) is 30.2 Å². The Morgan fingerprint density at radius 1 is 1.33 bits per heavy atom. The van der Waals surface area contributed by atoms with Gasteiger partial charge in [0, 0.05) is 13.0 Å². The van der Waals surface area contributed by atoms with Gasteiger partial charge >= 0.3 is 5.69 Å². The maximum atomic E-state index is 11.1. The van der Waals surface area contributed by atoms with Crippen LogP contribution >= 0.6 is 11.3 Å². The molecular weight excluding hydrogens is 330 g/mol. The zero-order chi connectivity index (χ0) is 16.8. The molecule has 4 aromatic heterocycles. The van der Waals surface area contributed by atoms with E-state index in [9.17, 15) is 10.1 Å². The molecule has 0 saturated carbocycles. The lowest BCUT2D eigenvalue weighted by atomic mass is 10.3. The monoisotopic (exact) mass is 343 g/mol. The Bertz CT molecular complexity index is 1080. The van der Waals surface area contributed by atoms with E-state index in [1.54, 1.807) is 40.7 Å². The number of hydrogen-bond donors (Lipinski definition) is 0. The van der Waals surface area contributed by atoms with Crippen LogP contribution in [0.2, 0.25) is 0 Å². The van der Waals surface area contributed by atoms with Gasteiger partial charge in [0.1, 0.15) is 22.5 Å². The van der Waals surface area contributed by atoms with Crippen LogP contribution in [-0.2, 0) is 13.0 Å². The Morgan fingerprint density at radius 2 is 2.17 bits per heavy atom. The van der Waals surface area contributed by atoms with E-state index in [-0.39, 0.29) is 5.69 Å². The quantitative estimate of drug-likeness (QED) is 0.416. The lowest BCUT2D eigenvalue weighted by Gasteiger charge is -2.00. The average molecular weight is 343 g/mol. The number of hydrogen-bond acceptors (Lipinski definition) is 7. The predicted molar refractivity (Wildman–Crippen MR) is 88.2 cm³/mol. The number of fused-ring (bicyclic) bond motifs is 3. The van der Waals surface area contributed by atoms with Crippen molar-refractivity contribution in [1.82, 2.24) is 29.4 Å². The van der Waals surface area contributed by atoms with Crippen LogP contribution in [0.5, 0.6) is 0 Å². The molecule has 0 bridgehead atoms.